The molecule has 2 rings (SSSR count). The van der Waals surface area contributed by atoms with E-state index in [0.29, 0.717) is 10.2 Å². The molecular formula is C12H14N4O3S. The van der Waals surface area contributed by atoms with Crippen LogP contribution in [0.25, 0.3) is 16.0 Å². The van der Waals surface area contributed by atoms with E-state index in [4.69, 9.17) is 16.2 Å². The number of aryl methyl sites for hydroxylation is 1. The summed E-state index contributed by atoms with van der Waals surface area (Å²) >= 11 is 1.30. The summed E-state index contributed by atoms with van der Waals surface area (Å²) in [6, 6.07) is 0. The fraction of sp³-hybridized carbons (Fsp3) is 0.167. The zero-order valence-corrected chi connectivity index (χ0v) is 11.8. The highest BCUT2D eigenvalue weighted by Gasteiger charge is 2.12. The van der Waals surface area contributed by atoms with E-state index in [1.165, 1.54) is 30.6 Å². The quantitative estimate of drug-likeness (QED) is 0.555. The molecule has 8 heteroatoms. The van der Waals surface area contributed by atoms with Gasteiger partial charge in [0.05, 0.1) is 12.5 Å². The largest absolute Gasteiger partial charge is 0.483 e. The predicted octanol–water partition coefficient (Wildman–Crippen LogP) is 0.263. The number of aromatic nitrogens is 2. The van der Waals surface area contributed by atoms with E-state index in [2.05, 4.69) is 4.98 Å². The lowest BCUT2D eigenvalue weighted by Crippen LogP contribution is -2.36. The molecule has 106 valence electrons. The normalized spacial score (nSPS) is 12.9. The van der Waals surface area contributed by atoms with E-state index < -0.39 is 11.2 Å². The number of methoxy groups -OCH3 is 1. The fourth-order valence-electron chi connectivity index (χ4n) is 1.70. The van der Waals surface area contributed by atoms with Crippen molar-refractivity contribution >= 4 is 27.4 Å². The molecular weight excluding hydrogens is 280 g/mol. The van der Waals surface area contributed by atoms with E-state index in [0.717, 1.165) is 10.1 Å². The van der Waals surface area contributed by atoms with Gasteiger partial charge in [-0.2, -0.15) is 0 Å². The highest BCUT2D eigenvalue weighted by Crippen LogP contribution is 2.18. The Labute approximate surface area is 117 Å². The number of H-pyrrole nitrogens is 1. The van der Waals surface area contributed by atoms with E-state index in [1.807, 2.05) is 0 Å². The first-order valence-electron chi connectivity index (χ1n) is 5.66. The highest BCUT2D eigenvalue weighted by molar-refractivity contribution is 7.16. The second kappa shape index (κ2) is 5.25. The lowest BCUT2D eigenvalue weighted by Gasteiger charge is -2.04. The molecule has 0 spiro atoms. The van der Waals surface area contributed by atoms with Gasteiger partial charge in [-0.1, -0.05) is 0 Å². The standard InChI is InChI=1S/C12H14N4O3S/c1-6-5-20-10-9(6)11(17)16(12(18)15-10)7(13)3-4-8(14)19-2/h3-5H,13-14H2,1-2H3,(H,15,18)/b7-3+,8-4+. The molecule has 2 aromatic heterocycles. The first-order valence-corrected chi connectivity index (χ1v) is 6.54. The van der Waals surface area contributed by atoms with Crippen LogP contribution in [0, 0.1) is 6.92 Å². The van der Waals surface area contributed by atoms with Crippen LogP contribution < -0.4 is 22.7 Å². The summed E-state index contributed by atoms with van der Waals surface area (Å²) in [5, 5.41) is 2.25. The van der Waals surface area contributed by atoms with E-state index >= 15 is 0 Å². The third-order valence-electron chi connectivity index (χ3n) is 2.73. The van der Waals surface area contributed by atoms with E-state index in [9.17, 15) is 9.59 Å². The maximum Gasteiger partial charge on any atom is 0.335 e. The van der Waals surface area contributed by atoms with Gasteiger partial charge in [-0.15, -0.1) is 11.3 Å². The van der Waals surface area contributed by atoms with Gasteiger partial charge in [-0.3, -0.25) is 9.78 Å². The van der Waals surface area contributed by atoms with Gasteiger partial charge in [-0.25, -0.2) is 9.36 Å². The number of hydrogen-bond donors (Lipinski definition) is 3. The second-order valence-corrected chi connectivity index (χ2v) is 4.94. The number of nitrogens with one attached hydrogen (secondary N) is 1. The van der Waals surface area contributed by atoms with Crippen LogP contribution in [0.2, 0.25) is 0 Å². The Morgan fingerprint density at radius 2 is 2.10 bits per heavy atom. The maximum atomic E-state index is 12.3. The van der Waals surface area contributed by atoms with Crippen molar-refractivity contribution in [3.05, 3.63) is 49.8 Å². The number of ether oxygens (including phenoxy) is 1. The molecule has 0 saturated heterocycles. The highest BCUT2D eigenvalue weighted by atomic mass is 32.1. The van der Waals surface area contributed by atoms with Gasteiger partial charge in [0.2, 0.25) is 0 Å². The van der Waals surface area contributed by atoms with Gasteiger partial charge in [0.15, 0.2) is 5.88 Å². The van der Waals surface area contributed by atoms with Crippen LogP contribution in [0.4, 0.5) is 0 Å². The summed E-state index contributed by atoms with van der Waals surface area (Å²) in [6.07, 6.45) is 2.70. The molecule has 5 N–H and O–H groups in total. The summed E-state index contributed by atoms with van der Waals surface area (Å²) in [5.74, 6) is 0.0777. The van der Waals surface area contributed by atoms with Crippen molar-refractivity contribution in [2.75, 3.05) is 7.11 Å². The van der Waals surface area contributed by atoms with Crippen molar-refractivity contribution in [3.8, 4) is 0 Å². The van der Waals surface area contributed by atoms with Crippen LogP contribution in [0.15, 0.2) is 33.0 Å². The van der Waals surface area contributed by atoms with E-state index in [1.54, 1.807) is 12.3 Å². The first kappa shape index (κ1) is 13.9. The van der Waals surface area contributed by atoms with Gasteiger partial charge < -0.3 is 16.2 Å². The average molecular weight is 294 g/mol. The number of fused-ring (bicyclic) bond motifs is 1. The number of allylic oxidation sites excluding steroid dienone is 2. The molecule has 0 aliphatic rings. The SMILES string of the molecule is CO/C(N)=C/C=C(\N)n1c(=O)[nH]c2scc(C)c2c1=O. The lowest BCUT2D eigenvalue weighted by molar-refractivity contribution is 0.287. The summed E-state index contributed by atoms with van der Waals surface area (Å²) in [5.41, 5.74) is 10.9. The number of nitrogens with two attached hydrogens (primary N) is 2. The maximum absolute atomic E-state index is 12.3. The van der Waals surface area contributed by atoms with Gasteiger partial charge >= 0.3 is 5.69 Å². The van der Waals surface area contributed by atoms with Crippen LogP contribution in [-0.2, 0) is 4.74 Å². The molecule has 2 heterocycles. The molecule has 0 saturated carbocycles. The van der Waals surface area contributed by atoms with Crippen molar-refractivity contribution in [3.63, 3.8) is 0 Å². The second-order valence-electron chi connectivity index (χ2n) is 4.06. The summed E-state index contributed by atoms with van der Waals surface area (Å²) in [6.45, 7) is 1.80. The van der Waals surface area contributed by atoms with Gasteiger partial charge in [0.1, 0.15) is 10.7 Å². The number of nitrogens with zero attached hydrogens (tertiary/aromatic N) is 1. The third-order valence-corrected chi connectivity index (χ3v) is 3.74. The zero-order valence-electron chi connectivity index (χ0n) is 11.0. The molecule has 7 nitrogen and oxygen atoms in total. The summed E-state index contributed by atoms with van der Waals surface area (Å²) < 4.78 is 5.60. The Morgan fingerprint density at radius 3 is 2.75 bits per heavy atom. The Bertz CT molecular complexity index is 825. The minimum Gasteiger partial charge on any atom is -0.483 e. The van der Waals surface area contributed by atoms with Crippen molar-refractivity contribution in [2.45, 2.75) is 6.92 Å². The molecule has 0 amide bonds. The zero-order chi connectivity index (χ0) is 14.9. The molecule has 20 heavy (non-hydrogen) atoms. The van der Waals surface area contributed by atoms with Gasteiger partial charge in [0.25, 0.3) is 5.56 Å². The molecule has 0 aliphatic carbocycles. The van der Waals surface area contributed by atoms with Crippen molar-refractivity contribution < 1.29 is 4.74 Å². The number of thiophene rings is 1. The Balaban J connectivity index is 2.69. The van der Waals surface area contributed by atoms with Gasteiger partial charge in [0, 0.05) is 6.08 Å². The number of aromatic amines is 1. The summed E-state index contributed by atoms with van der Waals surface area (Å²) in [4.78, 5) is 27.4. The van der Waals surface area contributed by atoms with Crippen molar-refractivity contribution in [1.82, 2.24) is 9.55 Å². The topological polar surface area (TPSA) is 116 Å². The number of hydrogen-bond acceptors (Lipinski definition) is 6. The molecule has 0 atom stereocenters. The monoisotopic (exact) mass is 294 g/mol. The number of rotatable bonds is 3. The molecule has 0 aromatic carbocycles. The Hall–Kier alpha value is -2.48. The van der Waals surface area contributed by atoms with Crippen LogP contribution >= 0.6 is 11.3 Å². The van der Waals surface area contributed by atoms with Crippen molar-refractivity contribution in [2.24, 2.45) is 11.5 Å². The minimum absolute atomic E-state index is 0.0382. The van der Waals surface area contributed by atoms with Crippen LogP contribution in [0.5, 0.6) is 0 Å². The third kappa shape index (κ3) is 2.32. The molecule has 0 aliphatic heterocycles. The van der Waals surface area contributed by atoms with Gasteiger partial charge in [-0.05, 0) is 23.9 Å². The Kier molecular flexibility index (Phi) is 3.66. The summed E-state index contributed by atoms with van der Waals surface area (Å²) in [7, 11) is 1.40. The molecule has 0 fully saturated rings. The predicted molar refractivity (Wildman–Crippen MR) is 79.2 cm³/mol. The van der Waals surface area contributed by atoms with Crippen LogP contribution in [0.3, 0.4) is 0 Å². The fourth-order valence-corrected chi connectivity index (χ4v) is 2.63. The average Bonchev–Trinajstić information content (AvgIpc) is 2.77. The Morgan fingerprint density at radius 1 is 1.40 bits per heavy atom. The molecule has 0 unspecified atom stereocenters. The first-order chi connectivity index (χ1) is 9.45. The molecule has 0 radical (unpaired) electrons. The molecule has 0 bridgehead atoms. The lowest BCUT2D eigenvalue weighted by atomic mass is 10.3. The van der Waals surface area contributed by atoms with Crippen molar-refractivity contribution in [1.29, 1.82) is 0 Å². The smallest absolute Gasteiger partial charge is 0.335 e. The molecule has 2 aromatic rings. The minimum atomic E-state index is -0.595. The van der Waals surface area contributed by atoms with Crippen LogP contribution in [-0.4, -0.2) is 16.7 Å². The van der Waals surface area contributed by atoms with E-state index in [-0.39, 0.29) is 11.7 Å². The van der Waals surface area contributed by atoms with Crippen LogP contribution in [0.1, 0.15) is 5.56 Å².